The number of hydrogen-bond acceptors (Lipinski definition) is 3. The van der Waals surface area contributed by atoms with E-state index in [-0.39, 0.29) is 0 Å². The first-order chi connectivity index (χ1) is 6.75. The summed E-state index contributed by atoms with van der Waals surface area (Å²) in [5, 5.41) is 6.06. The van der Waals surface area contributed by atoms with Crippen LogP contribution in [0.15, 0.2) is 27.6 Å². The summed E-state index contributed by atoms with van der Waals surface area (Å²) in [5.74, 6) is 0.797. The molecule has 0 radical (unpaired) electrons. The quantitative estimate of drug-likeness (QED) is 0.859. The molecule has 0 fully saturated rings. The van der Waals surface area contributed by atoms with Gasteiger partial charge in [0, 0.05) is 12.6 Å². The van der Waals surface area contributed by atoms with Gasteiger partial charge in [-0.1, -0.05) is 0 Å². The van der Waals surface area contributed by atoms with Crippen LogP contribution >= 0.6 is 27.3 Å². The third-order valence-electron chi connectivity index (χ3n) is 1.77. The van der Waals surface area contributed by atoms with Crippen molar-refractivity contribution in [3.05, 3.63) is 33.2 Å². The van der Waals surface area contributed by atoms with Crippen LogP contribution in [0.5, 0.6) is 5.75 Å². The highest BCUT2D eigenvalue weighted by Gasteiger charge is 2.02. The number of halogens is 1. The van der Waals surface area contributed by atoms with E-state index in [1.54, 1.807) is 22.2 Å². The van der Waals surface area contributed by atoms with E-state index in [1.807, 2.05) is 24.7 Å². The lowest BCUT2D eigenvalue weighted by molar-refractivity contribution is 0.306. The summed E-state index contributed by atoms with van der Waals surface area (Å²) >= 11 is 5.12. The summed E-state index contributed by atoms with van der Waals surface area (Å²) < 4.78 is 8.39. The average Bonchev–Trinajstić information content (AvgIpc) is 2.72. The van der Waals surface area contributed by atoms with Gasteiger partial charge in [-0.05, 0) is 27.4 Å². The second-order valence-corrected chi connectivity index (χ2v) is 5.09. The normalized spacial score (nSPS) is 10.4. The van der Waals surface area contributed by atoms with Crippen molar-refractivity contribution in [3.8, 4) is 5.75 Å². The number of aryl methyl sites for hydroxylation is 1. The molecule has 0 aromatic carbocycles. The fourth-order valence-electron chi connectivity index (χ4n) is 1.06. The third-order valence-corrected chi connectivity index (χ3v) is 3.58. The minimum absolute atomic E-state index is 0.579. The maximum atomic E-state index is 5.55. The molecule has 0 spiro atoms. The monoisotopic (exact) mass is 272 g/mol. The Kier molecular flexibility index (Phi) is 2.88. The molecule has 0 saturated heterocycles. The first kappa shape index (κ1) is 9.73. The molecule has 2 rings (SSSR count). The Morgan fingerprint density at radius 2 is 2.50 bits per heavy atom. The molecule has 0 aliphatic rings. The van der Waals surface area contributed by atoms with Crippen molar-refractivity contribution in [2.45, 2.75) is 6.61 Å². The Balaban J connectivity index is 1.98. The van der Waals surface area contributed by atoms with Crippen molar-refractivity contribution < 1.29 is 4.74 Å². The lowest BCUT2D eigenvalue weighted by Crippen LogP contribution is -1.93. The molecule has 0 aliphatic carbocycles. The Bertz CT molecular complexity index is 424. The van der Waals surface area contributed by atoms with Crippen LogP contribution in [-0.2, 0) is 13.7 Å². The fraction of sp³-hybridized carbons (Fsp3) is 0.222. The SMILES string of the molecule is Cn1cc(OCc2ccsc2Br)cn1. The second kappa shape index (κ2) is 4.14. The van der Waals surface area contributed by atoms with E-state index in [9.17, 15) is 0 Å². The maximum Gasteiger partial charge on any atom is 0.157 e. The fourth-order valence-corrected chi connectivity index (χ4v) is 2.26. The van der Waals surface area contributed by atoms with Crippen LogP contribution < -0.4 is 4.74 Å². The first-order valence-electron chi connectivity index (χ1n) is 4.09. The summed E-state index contributed by atoms with van der Waals surface area (Å²) in [6.07, 6.45) is 3.56. The summed E-state index contributed by atoms with van der Waals surface area (Å²) in [7, 11) is 1.87. The molecule has 0 unspecified atom stereocenters. The molecule has 2 aromatic rings. The van der Waals surface area contributed by atoms with Crippen molar-refractivity contribution in [3.63, 3.8) is 0 Å². The first-order valence-corrected chi connectivity index (χ1v) is 5.76. The number of hydrogen-bond donors (Lipinski definition) is 0. The molecule has 2 aromatic heterocycles. The summed E-state index contributed by atoms with van der Waals surface area (Å²) in [4.78, 5) is 0. The van der Waals surface area contributed by atoms with E-state index in [1.165, 1.54) is 5.56 Å². The van der Waals surface area contributed by atoms with Crippen LogP contribution in [0.25, 0.3) is 0 Å². The molecule has 3 nitrogen and oxygen atoms in total. The van der Waals surface area contributed by atoms with Crippen LogP contribution in [0, 0.1) is 0 Å². The summed E-state index contributed by atoms with van der Waals surface area (Å²) in [6, 6.07) is 2.05. The highest BCUT2D eigenvalue weighted by atomic mass is 79.9. The molecule has 74 valence electrons. The Labute approximate surface area is 94.4 Å². The number of rotatable bonds is 3. The average molecular weight is 273 g/mol. The number of aromatic nitrogens is 2. The zero-order chi connectivity index (χ0) is 9.97. The Morgan fingerprint density at radius 1 is 1.64 bits per heavy atom. The van der Waals surface area contributed by atoms with Crippen LogP contribution in [0.2, 0.25) is 0 Å². The van der Waals surface area contributed by atoms with Crippen LogP contribution in [0.1, 0.15) is 5.56 Å². The molecular weight excluding hydrogens is 264 g/mol. The predicted octanol–water partition coefficient (Wildman–Crippen LogP) is 2.82. The van der Waals surface area contributed by atoms with Gasteiger partial charge in [-0.3, -0.25) is 4.68 Å². The number of ether oxygens (including phenoxy) is 1. The van der Waals surface area contributed by atoms with E-state index in [0.717, 1.165) is 9.54 Å². The molecule has 0 saturated carbocycles. The van der Waals surface area contributed by atoms with Gasteiger partial charge in [0.2, 0.25) is 0 Å². The van der Waals surface area contributed by atoms with Gasteiger partial charge < -0.3 is 4.74 Å². The minimum Gasteiger partial charge on any atom is -0.486 e. The molecule has 0 N–H and O–H groups in total. The van der Waals surface area contributed by atoms with Crippen molar-refractivity contribution >= 4 is 27.3 Å². The molecule has 14 heavy (non-hydrogen) atoms. The van der Waals surface area contributed by atoms with Crippen LogP contribution in [0.4, 0.5) is 0 Å². The maximum absolute atomic E-state index is 5.55. The van der Waals surface area contributed by atoms with Gasteiger partial charge in [0.1, 0.15) is 6.61 Å². The standard InChI is InChI=1S/C9H9BrN2OS/c1-12-5-8(4-11-12)13-6-7-2-3-14-9(7)10/h2-5H,6H2,1H3. The summed E-state index contributed by atoms with van der Waals surface area (Å²) in [5.41, 5.74) is 1.17. The van der Waals surface area contributed by atoms with Crippen molar-refractivity contribution in [2.75, 3.05) is 0 Å². The highest BCUT2D eigenvalue weighted by molar-refractivity contribution is 9.11. The molecule has 5 heteroatoms. The van der Waals surface area contributed by atoms with Gasteiger partial charge in [-0.25, -0.2) is 0 Å². The zero-order valence-electron chi connectivity index (χ0n) is 7.61. The Morgan fingerprint density at radius 3 is 3.07 bits per heavy atom. The van der Waals surface area contributed by atoms with E-state index in [4.69, 9.17) is 4.74 Å². The predicted molar refractivity (Wildman–Crippen MR) is 59.6 cm³/mol. The van der Waals surface area contributed by atoms with Crippen LogP contribution in [-0.4, -0.2) is 9.78 Å². The zero-order valence-corrected chi connectivity index (χ0v) is 10.0. The number of nitrogens with zero attached hydrogens (tertiary/aromatic N) is 2. The molecule has 0 aliphatic heterocycles. The molecule has 2 heterocycles. The van der Waals surface area contributed by atoms with Gasteiger partial charge in [0.05, 0.1) is 16.2 Å². The van der Waals surface area contributed by atoms with Crippen LogP contribution in [0.3, 0.4) is 0 Å². The largest absolute Gasteiger partial charge is 0.486 e. The molecule has 0 amide bonds. The van der Waals surface area contributed by atoms with Gasteiger partial charge in [0.25, 0.3) is 0 Å². The lowest BCUT2D eigenvalue weighted by Gasteiger charge is -2.01. The van der Waals surface area contributed by atoms with E-state index in [0.29, 0.717) is 6.61 Å². The van der Waals surface area contributed by atoms with E-state index < -0.39 is 0 Å². The smallest absolute Gasteiger partial charge is 0.157 e. The third kappa shape index (κ3) is 2.16. The van der Waals surface area contributed by atoms with Crippen molar-refractivity contribution in [1.29, 1.82) is 0 Å². The van der Waals surface area contributed by atoms with Crippen molar-refractivity contribution in [1.82, 2.24) is 9.78 Å². The lowest BCUT2D eigenvalue weighted by atomic mass is 10.4. The van der Waals surface area contributed by atoms with E-state index in [2.05, 4.69) is 21.0 Å². The Hall–Kier alpha value is -0.810. The van der Waals surface area contributed by atoms with Crippen molar-refractivity contribution in [2.24, 2.45) is 7.05 Å². The number of thiophene rings is 1. The molecule has 0 bridgehead atoms. The highest BCUT2D eigenvalue weighted by Crippen LogP contribution is 2.24. The second-order valence-electron chi connectivity index (χ2n) is 2.86. The molecule has 0 atom stereocenters. The van der Waals surface area contributed by atoms with Gasteiger partial charge >= 0.3 is 0 Å². The van der Waals surface area contributed by atoms with Gasteiger partial charge in [-0.15, -0.1) is 11.3 Å². The van der Waals surface area contributed by atoms with Gasteiger partial charge in [0.15, 0.2) is 5.75 Å². The summed E-state index contributed by atoms with van der Waals surface area (Å²) in [6.45, 7) is 0.579. The topological polar surface area (TPSA) is 27.1 Å². The minimum atomic E-state index is 0.579. The van der Waals surface area contributed by atoms with E-state index >= 15 is 0 Å². The van der Waals surface area contributed by atoms with Gasteiger partial charge in [-0.2, -0.15) is 5.10 Å². The molecular formula is C9H9BrN2OS.